The van der Waals surface area contributed by atoms with Crippen LogP contribution >= 0.6 is 0 Å². The Labute approximate surface area is 108 Å². The highest BCUT2D eigenvalue weighted by atomic mass is 16.5. The molecule has 1 heterocycles. The molecule has 0 radical (unpaired) electrons. The minimum Gasteiger partial charge on any atom is -0.423 e. The lowest BCUT2D eigenvalue weighted by Crippen LogP contribution is -2.53. The fraction of sp³-hybridized carbons (Fsp3) is 0.750. The number of hydrogen-bond donors (Lipinski definition) is 2. The van der Waals surface area contributed by atoms with Crippen molar-refractivity contribution in [2.24, 2.45) is 0 Å². The van der Waals surface area contributed by atoms with Crippen LogP contribution in [0.15, 0.2) is 12.4 Å². The van der Waals surface area contributed by atoms with E-state index in [0.29, 0.717) is 11.5 Å². The third-order valence-corrected chi connectivity index (χ3v) is 3.71. The maximum absolute atomic E-state index is 10.0. The van der Waals surface area contributed by atoms with Crippen molar-refractivity contribution >= 4 is 12.6 Å². The predicted octanol–water partition coefficient (Wildman–Crippen LogP) is 0.472. The minimum atomic E-state index is -1.07. The summed E-state index contributed by atoms with van der Waals surface area (Å²) in [6.45, 7) is 6.82. The van der Waals surface area contributed by atoms with Crippen LogP contribution in [0.5, 0.6) is 0 Å². The van der Waals surface area contributed by atoms with E-state index in [4.69, 9.17) is 4.65 Å². The molecule has 100 valence electrons. The number of nitrogens with zero attached hydrogens (tertiary/aromatic N) is 2. The molecule has 0 saturated heterocycles. The van der Waals surface area contributed by atoms with Gasteiger partial charge in [-0.3, -0.25) is 4.68 Å². The Morgan fingerprint density at radius 3 is 2.50 bits per heavy atom. The molecule has 2 N–H and O–H groups in total. The zero-order valence-electron chi connectivity index (χ0n) is 11.4. The van der Waals surface area contributed by atoms with E-state index in [2.05, 4.69) is 5.10 Å². The molecule has 2 rings (SSSR count). The van der Waals surface area contributed by atoms with Crippen LogP contribution in [0, 0.1) is 0 Å². The van der Waals surface area contributed by atoms with Gasteiger partial charge in [0, 0.05) is 17.9 Å². The predicted molar refractivity (Wildman–Crippen MR) is 69.6 cm³/mol. The first-order chi connectivity index (χ1) is 8.21. The molecule has 0 bridgehead atoms. The van der Waals surface area contributed by atoms with Crippen LogP contribution in [0.2, 0.25) is 0 Å². The highest BCUT2D eigenvalue weighted by molar-refractivity contribution is 6.59. The molecule has 0 aliphatic heterocycles. The van der Waals surface area contributed by atoms with E-state index < -0.39 is 18.3 Å². The van der Waals surface area contributed by atoms with E-state index in [1.807, 2.05) is 10.9 Å². The summed E-state index contributed by atoms with van der Waals surface area (Å²) < 4.78 is 7.41. The topological polar surface area (TPSA) is 67.5 Å². The Morgan fingerprint density at radius 2 is 2.00 bits per heavy atom. The van der Waals surface area contributed by atoms with Gasteiger partial charge in [-0.05, 0) is 40.5 Å². The summed E-state index contributed by atoms with van der Waals surface area (Å²) in [4.78, 5) is 0. The van der Waals surface area contributed by atoms with Gasteiger partial charge in [0.2, 0.25) is 0 Å². The summed E-state index contributed by atoms with van der Waals surface area (Å²) >= 11 is 0. The van der Waals surface area contributed by atoms with E-state index in [9.17, 15) is 10.1 Å². The van der Waals surface area contributed by atoms with Crippen LogP contribution in [0.25, 0.3) is 0 Å². The summed E-state index contributed by atoms with van der Waals surface area (Å²) in [5.41, 5.74) is -1.27. The first-order valence-corrected chi connectivity index (χ1v) is 6.33. The minimum absolute atomic E-state index is 0.480. The molecule has 0 atom stereocenters. The van der Waals surface area contributed by atoms with Gasteiger partial charge in [-0.15, -0.1) is 0 Å². The van der Waals surface area contributed by atoms with E-state index in [1.165, 1.54) is 0 Å². The lowest BCUT2D eigenvalue weighted by molar-refractivity contribution is -0.0982. The molecule has 0 spiro atoms. The quantitative estimate of drug-likeness (QED) is 0.747. The zero-order valence-corrected chi connectivity index (χ0v) is 11.4. The van der Waals surface area contributed by atoms with Gasteiger partial charge in [0.05, 0.1) is 17.2 Å². The summed E-state index contributed by atoms with van der Waals surface area (Å²) in [5.74, 6) is 0. The van der Waals surface area contributed by atoms with E-state index in [-0.39, 0.29) is 0 Å². The lowest BCUT2D eigenvalue weighted by atomic mass is 9.78. The maximum Gasteiger partial charge on any atom is 0.494 e. The Bertz CT molecular complexity index is 421. The Hall–Kier alpha value is -0.845. The Morgan fingerprint density at radius 1 is 1.39 bits per heavy atom. The summed E-state index contributed by atoms with van der Waals surface area (Å²) in [7, 11) is -1.07. The molecule has 5 nitrogen and oxygen atoms in total. The van der Waals surface area contributed by atoms with Crippen molar-refractivity contribution in [1.82, 2.24) is 9.78 Å². The third-order valence-electron chi connectivity index (χ3n) is 3.71. The lowest BCUT2D eigenvalue weighted by Gasteiger charge is -2.38. The molecule has 6 heteroatoms. The van der Waals surface area contributed by atoms with Crippen LogP contribution in [0.1, 0.15) is 46.6 Å². The zero-order chi connectivity index (χ0) is 13.6. The van der Waals surface area contributed by atoms with E-state index >= 15 is 0 Å². The second kappa shape index (κ2) is 4.37. The fourth-order valence-electron chi connectivity index (χ4n) is 1.51. The van der Waals surface area contributed by atoms with Gasteiger partial charge in [-0.1, -0.05) is 0 Å². The molecule has 1 aliphatic rings. The van der Waals surface area contributed by atoms with E-state index in [1.54, 1.807) is 33.9 Å². The van der Waals surface area contributed by atoms with Crippen molar-refractivity contribution in [1.29, 1.82) is 0 Å². The molecule has 18 heavy (non-hydrogen) atoms. The van der Waals surface area contributed by atoms with Crippen molar-refractivity contribution < 1.29 is 14.8 Å². The molecular formula is C12H21BN2O3. The van der Waals surface area contributed by atoms with Crippen molar-refractivity contribution in [3.63, 3.8) is 0 Å². The first kappa shape index (κ1) is 13.6. The Balaban J connectivity index is 2.04. The largest absolute Gasteiger partial charge is 0.494 e. The fourth-order valence-corrected chi connectivity index (χ4v) is 1.51. The van der Waals surface area contributed by atoms with Crippen molar-refractivity contribution in [2.45, 2.75) is 57.8 Å². The van der Waals surface area contributed by atoms with Crippen molar-refractivity contribution in [2.75, 3.05) is 0 Å². The smallest absolute Gasteiger partial charge is 0.423 e. The first-order valence-electron chi connectivity index (χ1n) is 6.33. The van der Waals surface area contributed by atoms with Gasteiger partial charge in [0.25, 0.3) is 0 Å². The Kier molecular flexibility index (Phi) is 3.29. The van der Waals surface area contributed by atoms with Crippen LogP contribution in [-0.2, 0) is 4.65 Å². The van der Waals surface area contributed by atoms with Crippen molar-refractivity contribution in [3.05, 3.63) is 12.4 Å². The van der Waals surface area contributed by atoms with Crippen LogP contribution < -0.4 is 5.46 Å². The van der Waals surface area contributed by atoms with Gasteiger partial charge in [0.15, 0.2) is 0 Å². The standard InChI is InChI=1S/C12H21BN2O3/c1-11(2,16)12(3,4)18-13(17)9-7-14-15(8-9)10-5-6-10/h7-8,10,16-17H,5-6H2,1-4H3. The third kappa shape index (κ3) is 2.76. The number of hydrogen-bond acceptors (Lipinski definition) is 4. The molecule has 1 fully saturated rings. The number of aliphatic hydroxyl groups is 1. The molecule has 0 amide bonds. The van der Waals surface area contributed by atoms with Crippen LogP contribution in [0.3, 0.4) is 0 Å². The molecular weight excluding hydrogens is 231 g/mol. The second-order valence-electron chi connectivity index (χ2n) is 6.02. The van der Waals surface area contributed by atoms with E-state index in [0.717, 1.165) is 12.8 Å². The summed E-state index contributed by atoms with van der Waals surface area (Å²) in [5, 5.41) is 24.2. The maximum atomic E-state index is 10.0. The monoisotopic (exact) mass is 252 g/mol. The van der Waals surface area contributed by atoms with Gasteiger partial charge < -0.3 is 14.8 Å². The van der Waals surface area contributed by atoms with Gasteiger partial charge in [0.1, 0.15) is 0 Å². The van der Waals surface area contributed by atoms with Gasteiger partial charge >= 0.3 is 7.12 Å². The normalized spacial score (nSPS) is 17.0. The average molecular weight is 252 g/mol. The molecule has 0 aromatic carbocycles. The molecule has 0 unspecified atom stereocenters. The SMILES string of the molecule is CC(C)(O)C(C)(C)OB(O)c1cnn(C2CC2)c1. The molecule has 1 aromatic heterocycles. The highest BCUT2D eigenvalue weighted by Crippen LogP contribution is 2.33. The average Bonchev–Trinajstić information content (AvgIpc) is 2.94. The van der Waals surface area contributed by atoms with Crippen molar-refractivity contribution in [3.8, 4) is 0 Å². The highest BCUT2D eigenvalue weighted by Gasteiger charge is 2.40. The van der Waals surface area contributed by atoms with Crippen LogP contribution in [0.4, 0.5) is 0 Å². The number of aromatic nitrogens is 2. The second-order valence-corrected chi connectivity index (χ2v) is 6.02. The number of rotatable bonds is 5. The molecule has 1 aromatic rings. The van der Waals surface area contributed by atoms with Gasteiger partial charge in [-0.2, -0.15) is 5.10 Å². The van der Waals surface area contributed by atoms with Crippen LogP contribution in [-0.4, -0.2) is 38.2 Å². The summed E-state index contributed by atoms with van der Waals surface area (Å²) in [6, 6.07) is 0.480. The van der Waals surface area contributed by atoms with Gasteiger partial charge in [-0.25, -0.2) is 0 Å². The summed E-state index contributed by atoms with van der Waals surface area (Å²) in [6.07, 6.45) is 5.71. The molecule has 1 saturated carbocycles. The molecule has 1 aliphatic carbocycles.